The molecule has 0 heterocycles. The van der Waals surface area contributed by atoms with E-state index in [4.69, 9.17) is 5.73 Å². The van der Waals surface area contributed by atoms with Crippen LogP contribution in [-0.2, 0) is 0 Å². The summed E-state index contributed by atoms with van der Waals surface area (Å²) in [6.45, 7) is 1.74. The molecule has 1 amide bonds. The molecule has 0 saturated heterocycles. The first-order valence-electron chi connectivity index (χ1n) is 5.74. The van der Waals surface area contributed by atoms with Crippen molar-refractivity contribution < 1.29 is 14.7 Å². The van der Waals surface area contributed by atoms with Gasteiger partial charge in [0, 0.05) is 5.56 Å². The van der Waals surface area contributed by atoms with E-state index in [1.165, 1.54) is 0 Å². The summed E-state index contributed by atoms with van der Waals surface area (Å²) in [5.74, 6) is -1.52. The lowest BCUT2D eigenvalue weighted by Gasteiger charge is -2.09. The number of aryl methyl sites for hydroxylation is 1. The maximum Gasteiger partial charge on any atom is 0.336 e. The maximum atomic E-state index is 11.3. The Morgan fingerprint density at radius 3 is 2.42 bits per heavy atom. The number of carbonyl (C=O) groups excluding carboxylic acids is 1. The van der Waals surface area contributed by atoms with Gasteiger partial charge >= 0.3 is 5.97 Å². The van der Waals surface area contributed by atoms with Crippen LogP contribution < -0.4 is 5.73 Å². The smallest absolute Gasteiger partial charge is 0.336 e. The summed E-state index contributed by atoms with van der Waals surface area (Å²) in [5.41, 5.74) is 7.75. The van der Waals surface area contributed by atoms with Gasteiger partial charge in [-0.3, -0.25) is 4.79 Å². The van der Waals surface area contributed by atoms with Gasteiger partial charge in [-0.2, -0.15) is 0 Å². The lowest BCUT2D eigenvalue weighted by molar-refractivity contribution is 0.0696. The molecule has 0 fully saturated rings. The Balaban J connectivity index is 2.65. The second-order valence-electron chi connectivity index (χ2n) is 4.25. The number of hydrogen-bond donors (Lipinski definition) is 2. The molecule has 0 unspecified atom stereocenters. The van der Waals surface area contributed by atoms with Gasteiger partial charge in [-0.25, -0.2) is 4.79 Å². The van der Waals surface area contributed by atoms with Gasteiger partial charge in [0.1, 0.15) is 0 Å². The third-order valence-corrected chi connectivity index (χ3v) is 2.94. The summed E-state index contributed by atoms with van der Waals surface area (Å²) in [6.07, 6.45) is 0. The Morgan fingerprint density at radius 1 is 1.11 bits per heavy atom. The first-order chi connectivity index (χ1) is 9.00. The summed E-state index contributed by atoms with van der Waals surface area (Å²) in [7, 11) is 0. The van der Waals surface area contributed by atoms with Gasteiger partial charge in [0.15, 0.2) is 0 Å². The predicted octanol–water partition coefficient (Wildman–Crippen LogP) is 2.46. The molecule has 0 aliphatic rings. The van der Waals surface area contributed by atoms with Gasteiger partial charge < -0.3 is 10.8 Å². The summed E-state index contributed by atoms with van der Waals surface area (Å²) < 4.78 is 0. The Morgan fingerprint density at radius 2 is 1.79 bits per heavy atom. The van der Waals surface area contributed by atoms with E-state index in [9.17, 15) is 14.7 Å². The summed E-state index contributed by atoms with van der Waals surface area (Å²) in [5, 5.41) is 9.29. The molecule has 2 rings (SSSR count). The molecule has 0 bridgehead atoms. The number of primary amides is 1. The molecule has 0 aliphatic carbocycles. The summed E-state index contributed by atoms with van der Waals surface area (Å²) in [4.78, 5) is 22.5. The maximum absolute atomic E-state index is 11.3. The molecule has 4 nitrogen and oxygen atoms in total. The zero-order chi connectivity index (χ0) is 14.0. The number of hydrogen-bond acceptors (Lipinski definition) is 2. The van der Waals surface area contributed by atoms with E-state index >= 15 is 0 Å². The van der Waals surface area contributed by atoms with E-state index in [1.54, 1.807) is 49.4 Å². The number of amides is 1. The Bertz CT molecular complexity index is 662. The van der Waals surface area contributed by atoms with Crippen LogP contribution in [0.5, 0.6) is 0 Å². The van der Waals surface area contributed by atoms with Crippen molar-refractivity contribution in [3.63, 3.8) is 0 Å². The van der Waals surface area contributed by atoms with Crippen LogP contribution in [0.4, 0.5) is 0 Å². The third-order valence-electron chi connectivity index (χ3n) is 2.94. The van der Waals surface area contributed by atoms with Crippen molar-refractivity contribution in [2.45, 2.75) is 6.92 Å². The largest absolute Gasteiger partial charge is 0.478 e. The number of carboxylic acids is 1. The van der Waals surface area contributed by atoms with Gasteiger partial charge in [0.05, 0.1) is 5.56 Å². The fourth-order valence-electron chi connectivity index (χ4n) is 2.03. The highest BCUT2D eigenvalue weighted by molar-refractivity contribution is 5.99. The van der Waals surface area contributed by atoms with Gasteiger partial charge in [0.2, 0.25) is 5.91 Å². The highest BCUT2D eigenvalue weighted by Crippen LogP contribution is 2.26. The number of rotatable bonds is 3. The van der Waals surface area contributed by atoms with Crippen LogP contribution in [0.3, 0.4) is 0 Å². The van der Waals surface area contributed by atoms with Crippen molar-refractivity contribution >= 4 is 11.9 Å². The Labute approximate surface area is 110 Å². The van der Waals surface area contributed by atoms with Gasteiger partial charge in [-0.05, 0) is 35.7 Å². The molecule has 0 aromatic heterocycles. The molecule has 3 N–H and O–H groups in total. The Kier molecular flexibility index (Phi) is 3.33. The Hall–Kier alpha value is -2.62. The summed E-state index contributed by atoms with van der Waals surface area (Å²) in [6, 6.07) is 11.9. The molecule has 2 aromatic carbocycles. The van der Waals surface area contributed by atoms with E-state index in [0.717, 1.165) is 0 Å². The van der Waals surface area contributed by atoms with Crippen molar-refractivity contribution in [3.8, 4) is 11.1 Å². The topological polar surface area (TPSA) is 80.4 Å². The van der Waals surface area contributed by atoms with Crippen LogP contribution in [0, 0.1) is 6.92 Å². The van der Waals surface area contributed by atoms with Crippen LogP contribution in [0.2, 0.25) is 0 Å². The first-order valence-corrected chi connectivity index (χ1v) is 5.74. The highest BCUT2D eigenvalue weighted by Gasteiger charge is 2.14. The number of carbonyl (C=O) groups is 2. The molecule has 0 aliphatic heterocycles. The van der Waals surface area contributed by atoms with Gasteiger partial charge in [-0.15, -0.1) is 0 Å². The predicted molar refractivity (Wildman–Crippen MR) is 72.1 cm³/mol. The minimum atomic E-state index is -0.988. The lowest BCUT2D eigenvalue weighted by atomic mass is 9.95. The summed E-state index contributed by atoms with van der Waals surface area (Å²) >= 11 is 0. The average molecular weight is 255 g/mol. The molecule has 4 heteroatoms. The van der Waals surface area contributed by atoms with Crippen molar-refractivity contribution in [2.24, 2.45) is 5.73 Å². The van der Waals surface area contributed by atoms with Crippen LogP contribution in [-0.4, -0.2) is 17.0 Å². The molecule has 19 heavy (non-hydrogen) atoms. The fraction of sp³-hybridized carbons (Fsp3) is 0.0667. The highest BCUT2D eigenvalue weighted by atomic mass is 16.4. The van der Waals surface area contributed by atoms with Crippen molar-refractivity contribution in [2.75, 3.05) is 0 Å². The minimum Gasteiger partial charge on any atom is -0.478 e. The zero-order valence-corrected chi connectivity index (χ0v) is 10.4. The second-order valence-corrected chi connectivity index (χ2v) is 4.25. The van der Waals surface area contributed by atoms with E-state index in [1.807, 2.05) is 0 Å². The van der Waals surface area contributed by atoms with E-state index < -0.39 is 11.9 Å². The lowest BCUT2D eigenvalue weighted by Crippen LogP contribution is -2.11. The van der Waals surface area contributed by atoms with Crippen LogP contribution in [0.1, 0.15) is 26.3 Å². The molecule has 0 radical (unpaired) electrons. The molecule has 0 saturated carbocycles. The van der Waals surface area contributed by atoms with E-state index in [0.29, 0.717) is 22.3 Å². The molecule has 2 aromatic rings. The minimum absolute atomic E-state index is 0.240. The quantitative estimate of drug-likeness (QED) is 0.884. The molecular weight excluding hydrogens is 242 g/mol. The standard InChI is InChI=1S/C15H13NO3/c1-9-4-2-7-12(13(9)15(18)19)10-5-3-6-11(8-10)14(16)17/h2-8H,1H3,(H2,16,17)(H,18,19). The van der Waals surface area contributed by atoms with Crippen LogP contribution in [0.15, 0.2) is 42.5 Å². The molecular formula is C15H13NO3. The van der Waals surface area contributed by atoms with Crippen molar-refractivity contribution in [3.05, 3.63) is 59.2 Å². The molecule has 0 atom stereocenters. The second kappa shape index (κ2) is 4.94. The fourth-order valence-corrected chi connectivity index (χ4v) is 2.03. The average Bonchev–Trinajstić information content (AvgIpc) is 2.38. The van der Waals surface area contributed by atoms with Crippen LogP contribution in [0.25, 0.3) is 11.1 Å². The normalized spacial score (nSPS) is 10.2. The van der Waals surface area contributed by atoms with E-state index in [-0.39, 0.29) is 5.56 Å². The van der Waals surface area contributed by atoms with Crippen LogP contribution >= 0.6 is 0 Å². The number of nitrogens with two attached hydrogens (primary N) is 1. The molecule has 0 spiro atoms. The first kappa shape index (κ1) is 12.8. The number of aromatic carboxylic acids is 1. The van der Waals surface area contributed by atoms with Gasteiger partial charge in [0.25, 0.3) is 0 Å². The number of carboxylic acid groups (broad SMARTS) is 1. The third kappa shape index (κ3) is 2.47. The van der Waals surface area contributed by atoms with Crippen molar-refractivity contribution in [1.29, 1.82) is 0 Å². The SMILES string of the molecule is Cc1cccc(-c2cccc(C(N)=O)c2)c1C(=O)O. The monoisotopic (exact) mass is 255 g/mol. The zero-order valence-electron chi connectivity index (χ0n) is 10.4. The van der Waals surface area contributed by atoms with Gasteiger partial charge in [-0.1, -0.05) is 30.3 Å². The van der Waals surface area contributed by atoms with Crippen molar-refractivity contribution in [1.82, 2.24) is 0 Å². The molecule has 96 valence electrons. The number of benzene rings is 2. The van der Waals surface area contributed by atoms with E-state index in [2.05, 4.69) is 0 Å².